The second-order valence-electron chi connectivity index (χ2n) is 7.70. The third kappa shape index (κ3) is 13.8. The summed E-state index contributed by atoms with van der Waals surface area (Å²) in [5.41, 5.74) is 1.67. The molecule has 0 heterocycles. The van der Waals surface area contributed by atoms with Gasteiger partial charge in [-0.3, -0.25) is 4.79 Å². The highest BCUT2D eigenvalue weighted by molar-refractivity contribution is 14.0. The molecule has 1 aromatic rings. The summed E-state index contributed by atoms with van der Waals surface area (Å²) in [7, 11) is 3.97. The van der Waals surface area contributed by atoms with Crippen molar-refractivity contribution in [1.29, 1.82) is 0 Å². The molecule has 0 aromatic heterocycles. The Hall–Kier alpha value is -1.39. The van der Waals surface area contributed by atoms with Gasteiger partial charge in [0.1, 0.15) is 0 Å². The summed E-state index contributed by atoms with van der Waals surface area (Å²) < 4.78 is 5.60. The number of likely N-dealkylation sites (N-methyl/N-ethyl adjacent to an activating group) is 1. The van der Waals surface area contributed by atoms with Gasteiger partial charge in [-0.05, 0) is 51.1 Å². The van der Waals surface area contributed by atoms with Gasteiger partial charge in [-0.15, -0.1) is 24.0 Å². The lowest BCUT2D eigenvalue weighted by Crippen LogP contribution is -2.38. The van der Waals surface area contributed by atoms with E-state index in [4.69, 9.17) is 4.74 Å². The van der Waals surface area contributed by atoms with Crippen LogP contribution in [0.1, 0.15) is 43.1 Å². The maximum Gasteiger partial charge on any atom is 0.251 e. The topological polar surface area (TPSA) is 78.0 Å². The summed E-state index contributed by atoms with van der Waals surface area (Å²) in [5, 5.41) is 9.52. The molecule has 0 saturated carbocycles. The van der Waals surface area contributed by atoms with Crippen LogP contribution in [0.15, 0.2) is 29.3 Å². The molecule has 1 amide bonds. The highest BCUT2D eigenvalue weighted by Crippen LogP contribution is 2.07. The number of nitrogens with one attached hydrogen (secondary N) is 3. The molecular formula is C22H40IN5O2. The average molecular weight is 533 g/mol. The monoisotopic (exact) mass is 533 g/mol. The molecule has 7 nitrogen and oxygen atoms in total. The summed E-state index contributed by atoms with van der Waals surface area (Å²) in [5.74, 6) is 1.29. The Labute approximate surface area is 199 Å². The van der Waals surface area contributed by atoms with Gasteiger partial charge in [-0.2, -0.15) is 0 Å². The van der Waals surface area contributed by atoms with Gasteiger partial charge in [0.15, 0.2) is 5.96 Å². The zero-order valence-electron chi connectivity index (χ0n) is 19.2. The van der Waals surface area contributed by atoms with Crippen molar-refractivity contribution in [2.75, 3.05) is 53.5 Å². The number of halogens is 1. The number of ether oxygens (including phenoxy) is 1. The van der Waals surface area contributed by atoms with Crippen molar-refractivity contribution >= 4 is 35.8 Å². The second-order valence-corrected chi connectivity index (χ2v) is 7.70. The van der Waals surface area contributed by atoms with E-state index in [1.165, 1.54) is 0 Å². The van der Waals surface area contributed by atoms with Gasteiger partial charge in [-0.1, -0.05) is 26.0 Å². The number of carbonyl (C=O) groups excluding carboxylic acids is 1. The van der Waals surface area contributed by atoms with Crippen LogP contribution >= 0.6 is 24.0 Å². The average Bonchev–Trinajstić information content (AvgIpc) is 2.68. The van der Waals surface area contributed by atoms with E-state index < -0.39 is 0 Å². The van der Waals surface area contributed by atoms with Crippen molar-refractivity contribution in [3.8, 4) is 0 Å². The largest absolute Gasteiger partial charge is 0.381 e. The second kappa shape index (κ2) is 17.3. The van der Waals surface area contributed by atoms with Crippen molar-refractivity contribution in [2.24, 2.45) is 10.9 Å². The number of benzene rings is 1. The Morgan fingerprint density at radius 3 is 2.60 bits per heavy atom. The number of nitrogens with zero attached hydrogens (tertiary/aromatic N) is 2. The van der Waals surface area contributed by atoms with E-state index in [0.717, 1.165) is 50.8 Å². The lowest BCUT2D eigenvalue weighted by molar-refractivity contribution is 0.0951. The quantitative estimate of drug-likeness (QED) is 0.157. The summed E-state index contributed by atoms with van der Waals surface area (Å²) in [4.78, 5) is 19.0. The third-order valence-electron chi connectivity index (χ3n) is 4.01. The summed E-state index contributed by atoms with van der Waals surface area (Å²) in [6.45, 7) is 11.4. The zero-order valence-corrected chi connectivity index (χ0v) is 21.5. The van der Waals surface area contributed by atoms with Crippen LogP contribution in [-0.4, -0.2) is 70.3 Å². The molecule has 0 spiro atoms. The molecule has 1 aromatic carbocycles. The molecule has 0 radical (unpaired) electrons. The van der Waals surface area contributed by atoms with Crippen molar-refractivity contribution in [2.45, 2.75) is 33.7 Å². The number of carbonyl (C=O) groups is 1. The first-order chi connectivity index (χ1) is 13.9. The minimum Gasteiger partial charge on any atom is -0.381 e. The van der Waals surface area contributed by atoms with Crippen LogP contribution in [0.5, 0.6) is 0 Å². The molecule has 3 N–H and O–H groups in total. The van der Waals surface area contributed by atoms with Gasteiger partial charge in [0.05, 0.1) is 6.54 Å². The zero-order chi connectivity index (χ0) is 21.5. The van der Waals surface area contributed by atoms with Gasteiger partial charge >= 0.3 is 0 Å². The molecule has 0 fully saturated rings. The van der Waals surface area contributed by atoms with Gasteiger partial charge in [0.25, 0.3) is 5.91 Å². The normalized spacial score (nSPS) is 11.4. The van der Waals surface area contributed by atoms with Crippen LogP contribution in [-0.2, 0) is 11.3 Å². The van der Waals surface area contributed by atoms with E-state index in [0.29, 0.717) is 24.6 Å². The molecule has 0 atom stereocenters. The first kappa shape index (κ1) is 28.6. The van der Waals surface area contributed by atoms with Crippen molar-refractivity contribution < 1.29 is 9.53 Å². The van der Waals surface area contributed by atoms with E-state index in [1.54, 1.807) is 0 Å². The molecule has 0 unspecified atom stereocenters. The Bertz CT molecular complexity index is 623. The number of guanidine groups is 1. The van der Waals surface area contributed by atoms with Crippen LogP contribution < -0.4 is 16.0 Å². The lowest BCUT2D eigenvalue weighted by Gasteiger charge is -2.12. The first-order valence-corrected chi connectivity index (χ1v) is 10.5. The molecule has 0 aliphatic carbocycles. The molecular weight excluding hydrogens is 493 g/mol. The molecule has 172 valence electrons. The Morgan fingerprint density at radius 1 is 1.17 bits per heavy atom. The minimum absolute atomic E-state index is 0. The van der Waals surface area contributed by atoms with E-state index in [2.05, 4.69) is 34.8 Å². The summed E-state index contributed by atoms with van der Waals surface area (Å²) in [6.07, 6.45) is 0.930. The van der Waals surface area contributed by atoms with Crippen molar-refractivity contribution in [1.82, 2.24) is 20.9 Å². The Kier molecular flexibility index (Phi) is 16.5. The fraction of sp³-hybridized carbons (Fsp3) is 0.636. The lowest BCUT2D eigenvalue weighted by atomic mass is 10.1. The standard InChI is InChI=1S/C22H39N5O2.HI/c1-6-23-22(25-11-8-14-29-17-18(2)3)26-16-19-9-7-10-20(15-19)21(28)24-12-13-27(4)5;/h7,9-10,15,18H,6,8,11-14,16-17H2,1-5H3,(H,24,28)(H2,23,25,26);1H. The van der Waals surface area contributed by atoms with Crippen LogP contribution in [0.3, 0.4) is 0 Å². The smallest absolute Gasteiger partial charge is 0.251 e. The van der Waals surface area contributed by atoms with E-state index >= 15 is 0 Å². The van der Waals surface area contributed by atoms with E-state index in [1.807, 2.05) is 50.2 Å². The predicted molar refractivity (Wildman–Crippen MR) is 136 cm³/mol. The minimum atomic E-state index is -0.0518. The molecule has 0 aliphatic heterocycles. The number of hydrogen-bond acceptors (Lipinski definition) is 4. The van der Waals surface area contributed by atoms with Gasteiger partial charge in [0.2, 0.25) is 0 Å². The number of hydrogen-bond donors (Lipinski definition) is 3. The van der Waals surface area contributed by atoms with Crippen LogP contribution in [0.2, 0.25) is 0 Å². The van der Waals surface area contributed by atoms with Crippen molar-refractivity contribution in [3.05, 3.63) is 35.4 Å². The summed E-state index contributed by atoms with van der Waals surface area (Å²) >= 11 is 0. The van der Waals surface area contributed by atoms with Gasteiger partial charge < -0.3 is 25.6 Å². The van der Waals surface area contributed by atoms with Gasteiger partial charge in [-0.25, -0.2) is 4.99 Å². The van der Waals surface area contributed by atoms with E-state index in [9.17, 15) is 4.79 Å². The number of aliphatic imine (C=N–C) groups is 1. The Morgan fingerprint density at radius 2 is 1.93 bits per heavy atom. The van der Waals surface area contributed by atoms with Crippen molar-refractivity contribution in [3.63, 3.8) is 0 Å². The van der Waals surface area contributed by atoms with Crippen LogP contribution in [0.25, 0.3) is 0 Å². The fourth-order valence-electron chi connectivity index (χ4n) is 2.52. The third-order valence-corrected chi connectivity index (χ3v) is 4.01. The Balaban J connectivity index is 0.00000841. The maximum absolute atomic E-state index is 12.3. The molecule has 0 aliphatic rings. The number of rotatable bonds is 13. The highest BCUT2D eigenvalue weighted by atomic mass is 127. The molecule has 0 saturated heterocycles. The molecule has 0 bridgehead atoms. The molecule has 1 rings (SSSR count). The summed E-state index contributed by atoms with van der Waals surface area (Å²) in [6, 6.07) is 7.62. The SMILES string of the molecule is CCNC(=NCc1cccc(C(=O)NCCN(C)C)c1)NCCCOCC(C)C.I. The molecule has 30 heavy (non-hydrogen) atoms. The maximum atomic E-state index is 12.3. The highest BCUT2D eigenvalue weighted by Gasteiger charge is 2.06. The van der Waals surface area contributed by atoms with E-state index in [-0.39, 0.29) is 29.9 Å². The number of amides is 1. The predicted octanol–water partition coefficient (Wildman–Crippen LogP) is 2.71. The molecule has 8 heteroatoms. The van der Waals surface area contributed by atoms with Gasteiger partial charge in [0, 0.05) is 45.0 Å². The van der Waals surface area contributed by atoms with Crippen LogP contribution in [0.4, 0.5) is 0 Å². The first-order valence-electron chi connectivity index (χ1n) is 10.5. The fourth-order valence-corrected chi connectivity index (χ4v) is 2.52. The van der Waals surface area contributed by atoms with Crippen LogP contribution in [0, 0.1) is 5.92 Å².